The number of amides is 1. The predicted octanol–water partition coefficient (Wildman–Crippen LogP) is 0.544. The van der Waals surface area contributed by atoms with Crippen LogP contribution in [0.2, 0.25) is 0 Å². The molecule has 126 valence electrons. The first-order valence-corrected chi connectivity index (χ1v) is 7.99. The van der Waals surface area contributed by atoms with Crippen LogP contribution >= 0.6 is 0 Å². The molecule has 0 saturated carbocycles. The van der Waals surface area contributed by atoms with Gasteiger partial charge in [-0.25, -0.2) is 0 Å². The Morgan fingerprint density at radius 1 is 1.26 bits per heavy atom. The van der Waals surface area contributed by atoms with E-state index in [0.717, 1.165) is 5.56 Å². The number of aliphatic hydroxyl groups is 1. The Kier molecular flexibility index (Phi) is 4.42. The third-order valence-electron chi connectivity index (χ3n) is 4.38. The lowest BCUT2D eigenvalue weighted by Crippen LogP contribution is -2.66. The molecule has 2 heterocycles. The Morgan fingerprint density at radius 2 is 1.91 bits per heavy atom. The van der Waals surface area contributed by atoms with Gasteiger partial charge in [0.15, 0.2) is 5.79 Å². The van der Waals surface area contributed by atoms with E-state index in [4.69, 9.17) is 9.47 Å². The van der Waals surface area contributed by atoms with E-state index in [1.54, 1.807) is 13.8 Å². The maximum Gasteiger partial charge on any atom is 0.240 e. The Morgan fingerprint density at radius 3 is 2.61 bits per heavy atom. The van der Waals surface area contributed by atoms with Crippen LogP contribution in [0.3, 0.4) is 0 Å². The van der Waals surface area contributed by atoms with Gasteiger partial charge in [0, 0.05) is 12.6 Å². The Hall–Kier alpha value is -1.47. The van der Waals surface area contributed by atoms with Gasteiger partial charge in [-0.05, 0) is 26.3 Å². The predicted molar refractivity (Wildman–Crippen MR) is 84.5 cm³/mol. The minimum Gasteiger partial charge on any atom is -0.389 e. The zero-order chi connectivity index (χ0) is 16.6. The molecule has 0 unspecified atom stereocenters. The quantitative estimate of drug-likeness (QED) is 0.758. The minimum absolute atomic E-state index is 0.149. The SMILES string of the molecule is C[C@@H]1N[C@@H](C(=O)NCc2ccccc2)[C@@H]2OC(C)(C)O[C@@H]2[C@H]1O. The highest BCUT2D eigenvalue weighted by atomic mass is 16.8. The fraction of sp³-hybridized carbons (Fsp3) is 0.588. The molecule has 1 aromatic carbocycles. The summed E-state index contributed by atoms with van der Waals surface area (Å²) in [5, 5.41) is 16.4. The first-order chi connectivity index (χ1) is 10.9. The maximum absolute atomic E-state index is 12.6. The van der Waals surface area contributed by atoms with Crippen molar-refractivity contribution in [2.45, 2.75) is 63.5 Å². The Labute approximate surface area is 136 Å². The van der Waals surface area contributed by atoms with Gasteiger partial charge in [-0.1, -0.05) is 30.3 Å². The van der Waals surface area contributed by atoms with E-state index >= 15 is 0 Å². The van der Waals surface area contributed by atoms with E-state index in [1.807, 2.05) is 37.3 Å². The molecule has 1 aromatic rings. The number of carbonyl (C=O) groups is 1. The van der Waals surface area contributed by atoms with Crippen molar-refractivity contribution in [2.75, 3.05) is 0 Å². The second-order valence-electron chi connectivity index (χ2n) is 6.69. The molecule has 0 aliphatic carbocycles. The number of ether oxygens (including phenoxy) is 2. The number of aliphatic hydroxyl groups excluding tert-OH is 1. The van der Waals surface area contributed by atoms with Crippen LogP contribution in [-0.2, 0) is 20.8 Å². The van der Waals surface area contributed by atoms with Crippen LogP contribution in [0.5, 0.6) is 0 Å². The highest BCUT2D eigenvalue weighted by molar-refractivity contribution is 5.82. The van der Waals surface area contributed by atoms with Gasteiger partial charge < -0.3 is 19.9 Å². The zero-order valence-corrected chi connectivity index (χ0v) is 13.7. The monoisotopic (exact) mass is 320 g/mol. The van der Waals surface area contributed by atoms with Crippen molar-refractivity contribution < 1.29 is 19.4 Å². The Balaban J connectivity index is 1.69. The van der Waals surface area contributed by atoms with Gasteiger partial charge >= 0.3 is 0 Å². The van der Waals surface area contributed by atoms with Gasteiger partial charge in [-0.3, -0.25) is 10.1 Å². The van der Waals surface area contributed by atoms with Crippen molar-refractivity contribution in [2.24, 2.45) is 0 Å². The van der Waals surface area contributed by atoms with Gasteiger partial charge in [0.2, 0.25) is 5.91 Å². The van der Waals surface area contributed by atoms with Crippen molar-refractivity contribution in [3.63, 3.8) is 0 Å². The molecular weight excluding hydrogens is 296 g/mol. The number of hydrogen-bond acceptors (Lipinski definition) is 5. The van der Waals surface area contributed by atoms with Crippen LogP contribution in [0.15, 0.2) is 30.3 Å². The van der Waals surface area contributed by atoms with Crippen molar-refractivity contribution in [1.82, 2.24) is 10.6 Å². The molecule has 23 heavy (non-hydrogen) atoms. The number of piperidine rings is 1. The fourth-order valence-electron chi connectivity index (χ4n) is 3.22. The van der Waals surface area contributed by atoms with Crippen molar-refractivity contribution >= 4 is 5.91 Å². The lowest BCUT2D eigenvalue weighted by Gasteiger charge is -2.38. The normalized spacial score (nSPS) is 35.6. The molecule has 3 rings (SSSR count). The number of nitrogens with one attached hydrogen (secondary N) is 2. The summed E-state index contributed by atoms with van der Waals surface area (Å²) < 4.78 is 11.6. The molecule has 2 aliphatic rings. The molecule has 5 atom stereocenters. The van der Waals surface area contributed by atoms with Crippen LogP contribution in [0.4, 0.5) is 0 Å². The summed E-state index contributed by atoms with van der Waals surface area (Å²) in [6.07, 6.45) is -1.72. The smallest absolute Gasteiger partial charge is 0.240 e. The van der Waals surface area contributed by atoms with Gasteiger partial charge in [0.25, 0.3) is 0 Å². The van der Waals surface area contributed by atoms with Crippen molar-refractivity contribution in [3.05, 3.63) is 35.9 Å². The average Bonchev–Trinajstić information content (AvgIpc) is 2.85. The fourth-order valence-corrected chi connectivity index (χ4v) is 3.22. The molecule has 0 spiro atoms. The zero-order valence-electron chi connectivity index (χ0n) is 13.7. The van der Waals surface area contributed by atoms with Gasteiger partial charge in [0.1, 0.15) is 18.2 Å². The minimum atomic E-state index is -0.806. The Bertz CT molecular complexity index is 563. The molecule has 2 aliphatic heterocycles. The molecular formula is C17H24N2O4. The van der Waals surface area contributed by atoms with Crippen molar-refractivity contribution in [3.8, 4) is 0 Å². The standard InChI is InChI=1S/C17H24N2O4/c1-10-13(20)15-14(22-17(2,3)23-15)12(19-10)16(21)18-9-11-7-5-4-6-8-11/h4-8,10,12-15,19-20H,9H2,1-3H3,(H,18,21)/t10-,12+,13-,14-,15+/m0/s1. The third kappa shape index (κ3) is 3.40. The summed E-state index contributed by atoms with van der Waals surface area (Å²) >= 11 is 0. The van der Waals surface area contributed by atoms with E-state index in [2.05, 4.69) is 10.6 Å². The highest BCUT2D eigenvalue weighted by Gasteiger charge is 2.54. The summed E-state index contributed by atoms with van der Waals surface area (Å²) in [5.41, 5.74) is 1.03. The summed E-state index contributed by atoms with van der Waals surface area (Å²) in [4.78, 5) is 12.6. The topological polar surface area (TPSA) is 79.8 Å². The largest absolute Gasteiger partial charge is 0.389 e. The lowest BCUT2D eigenvalue weighted by molar-refractivity contribution is -0.154. The molecule has 2 fully saturated rings. The van der Waals surface area contributed by atoms with Crippen molar-refractivity contribution in [1.29, 1.82) is 0 Å². The summed E-state index contributed by atoms with van der Waals surface area (Å²) in [6.45, 7) is 5.88. The first-order valence-electron chi connectivity index (χ1n) is 7.99. The first kappa shape index (κ1) is 16.4. The molecule has 6 nitrogen and oxygen atoms in total. The van der Waals surface area contributed by atoms with E-state index in [0.29, 0.717) is 6.54 Å². The summed E-state index contributed by atoms with van der Waals surface area (Å²) in [7, 11) is 0. The van der Waals surface area contributed by atoms with E-state index in [1.165, 1.54) is 0 Å². The van der Waals surface area contributed by atoms with Crippen LogP contribution in [0.1, 0.15) is 26.3 Å². The second-order valence-corrected chi connectivity index (χ2v) is 6.69. The molecule has 1 amide bonds. The van der Waals surface area contributed by atoms with E-state index in [-0.39, 0.29) is 11.9 Å². The van der Waals surface area contributed by atoms with Crippen LogP contribution in [-0.4, -0.2) is 47.2 Å². The summed E-state index contributed by atoms with van der Waals surface area (Å²) in [6, 6.07) is 8.93. The second kappa shape index (κ2) is 6.20. The molecule has 0 aromatic heterocycles. The maximum atomic E-state index is 12.6. The molecule has 2 saturated heterocycles. The molecule has 3 N–H and O–H groups in total. The number of fused-ring (bicyclic) bond motifs is 1. The average molecular weight is 320 g/mol. The lowest BCUT2D eigenvalue weighted by atomic mass is 9.90. The van der Waals surface area contributed by atoms with Gasteiger partial charge in [-0.15, -0.1) is 0 Å². The third-order valence-corrected chi connectivity index (χ3v) is 4.38. The number of rotatable bonds is 3. The molecule has 6 heteroatoms. The van der Waals surface area contributed by atoms with E-state index < -0.39 is 30.1 Å². The molecule has 0 bridgehead atoms. The van der Waals surface area contributed by atoms with Gasteiger partial charge in [0.05, 0.1) is 6.10 Å². The molecule has 0 radical (unpaired) electrons. The number of hydrogen-bond donors (Lipinski definition) is 3. The van der Waals surface area contributed by atoms with Crippen LogP contribution in [0.25, 0.3) is 0 Å². The highest BCUT2D eigenvalue weighted by Crippen LogP contribution is 2.35. The summed E-state index contributed by atoms with van der Waals surface area (Å²) in [5.74, 6) is -0.955. The van der Waals surface area contributed by atoms with Crippen LogP contribution in [0, 0.1) is 0 Å². The van der Waals surface area contributed by atoms with Crippen LogP contribution < -0.4 is 10.6 Å². The number of carbonyl (C=O) groups excluding carboxylic acids is 1. The number of benzene rings is 1. The van der Waals surface area contributed by atoms with E-state index in [9.17, 15) is 9.90 Å². The van der Waals surface area contributed by atoms with Gasteiger partial charge in [-0.2, -0.15) is 0 Å².